The van der Waals surface area contributed by atoms with Crippen LogP contribution >= 0.6 is 0 Å². The third kappa shape index (κ3) is 4.71. The highest BCUT2D eigenvalue weighted by Gasteiger charge is 2.46. The standard InChI is InChI=1S/C51H35N/c1-5-16-36(17-6-1)37-18-15-25-43(32-37)52(42-23-11-4-12-24-42)44-30-31-45-38(33-44)28-29-39-34-48-46-26-13-14-27-49(46)51(50(48)35-47(39)45,40-19-7-2-8-20-40)41-21-9-3-10-22-41/h1-35H. The first kappa shape index (κ1) is 30.2. The molecular formula is C51H35N. The van der Waals surface area contributed by atoms with Gasteiger partial charge in [-0.25, -0.2) is 0 Å². The lowest BCUT2D eigenvalue weighted by Crippen LogP contribution is -2.28. The van der Waals surface area contributed by atoms with Crippen LogP contribution in [-0.4, -0.2) is 0 Å². The summed E-state index contributed by atoms with van der Waals surface area (Å²) in [5.74, 6) is 0. The maximum Gasteiger partial charge on any atom is 0.0713 e. The van der Waals surface area contributed by atoms with Gasteiger partial charge >= 0.3 is 0 Å². The van der Waals surface area contributed by atoms with Gasteiger partial charge in [-0.1, -0.05) is 164 Å². The Labute approximate surface area is 304 Å². The van der Waals surface area contributed by atoms with E-state index in [1.165, 1.54) is 66.1 Å². The number of hydrogen-bond donors (Lipinski definition) is 0. The van der Waals surface area contributed by atoms with Gasteiger partial charge in [0.2, 0.25) is 0 Å². The molecule has 244 valence electrons. The van der Waals surface area contributed by atoms with Crippen LogP contribution in [-0.2, 0) is 5.41 Å². The van der Waals surface area contributed by atoms with E-state index in [4.69, 9.17) is 0 Å². The smallest absolute Gasteiger partial charge is 0.0713 e. The second-order valence-electron chi connectivity index (χ2n) is 13.7. The van der Waals surface area contributed by atoms with Crippen molar-refractivity contribution >= 4 is 38.6 Å². The molecule has 0 saturated heterocycles. The lowest BCUT2D eigenvalue weighted by atomic mass is 9.67. The minimum Gasteiger partial charge on any atom is -0.310 e. The maximum absolute atomic E-state index is 2.49. The monoisotopic (exact) mass is 661 g/mol. The zero-order valence-corrected chi connectivity index (χ0v) is 28.7. The molecular weight excluding hydrogens is 627 g/mol. The minimum absolute atomic E-state index is 0.432. The molecule has 0 radical (unpaired) electrons. The van der Waals surface area contributed by atoms with E-state index in [0.717, 1.165) is 17.1 Å². The van der Waals surface area contributed by atoms with Crippen molar-refractivity contribution in [3.8, 4) is 22.3 Å². The molecule has 0 aromatic heterocycles. The van der Waals surface area contributed by atoms with Crippen LogP contribution in [0.3, 0.4) is 0 Å². The van der Waals surface area contributed by atoms with Gasteiger partial charge in [0.25, 0.3) is 0 Å². The summed E-state index contributed by atoms with van der Waals surface area (Å²) < 4.78 is 0. The van der Waals surface area contributed by atoms with Crippen molar-refractivity contribution in [2.45, 2.75) is 5.41 Å². The van der Waals surface area contributed by atoms with Gasteiger partial charge in [-0.3, -0.25) is 0 Å². The van der Waals surface area contributed by atoms with Gasteiger partial charge in [0.05, 0.1) is 5.41 Å². The second kappa shape index (κ2) is 12.3. The van der Waals surface area contributed by atoms with Gasteiger partial charge in [-0.2, -0.15) is 0 Å². The zero-order valence-electron chi connectivity index (χ0n) is 28.7. The van der Waals surface area contributed by atoms with Gasteiger partial charge in [0.1, 0.15) is 0 Å². The first-order valence-electron chi connectivity index (χ1n) is 18.0. The van der Waals surface area contributed by atoms with Crippen molar-refractivity contribution < 1.29 is 0 Å². The van der Waals surface area contributed by atoms with Gasteiger partial charge in [0.15, 0.2) is 0 Å². The largest absolute Gasteiger partial charge is 0.310 e. The maximum atomic E-state index is 2.49. The summed E-state index contributed by atoms with van der Waals surface area (Å²) in [7, 11) is 0. The van der Waals surface area contributed by atoms with Crippen LogP contribution in [0.25, 0.3) is 43.8 Å². The predicted octanol–water partition coefficient (Wildman–Crippen LogP) is 13.5. The Morgan fingerprint density at radius 1 is 0.308 bits per heavy atom. The molecule has 1 aliphatic rings. The number of hydrogen-bond acceptors (Lipinski definition) is 1. The van der Waals surface area contributed by atoms with Crippen molar-refractivity contribution in [1.82, 2.24) is 0 Å². The summed E-state index contributed by atoms with van der Waals surface area (Å²) in [4.78, 5) is 2.37. The number of anilines is 3. The molecule has 0 atom stereocenters. The average molecular weight is 662 g/mol. The Bertz CT molecular complexity index is 2680. The van der Waals surface area contributed by atoms with Crippen LogP contribution in [0, 0.1) is 0 Å². The molecule has 0 aliphatic heterocycles. The summed E-state index contributed by atoms with van der Waals surface area (Å²) in [6, 6.07) is 77.7. The Hall–Kier alpha value is -6.70. The summed E-state index contributed by atoms with van der Waals surface area (Å²) in [5, 5.41) is 4.98. The predicted molar refractivity (Wildman–Crippen MR) is 219 cm³/mol. The van der Waals surface area contributed by atoms with E-state index < -0.39 is 5.41 Å². The van der Waals surface area contributed by atoms with Crippen LogP contribution in [0.1, 0.15) is 22.3 Å². The van der Waals surface area contributed by atoms with Crippen molar-refractivity contribution in [2.24, 2.45) is 0 Å². The van der Waals surface area contributed by atoms with Crippen LogP contribution < -0.4 is 4.90 Å². The number of fused-ring (bicyclic) bond motifs is 6. The molecule has 10 rings (SSSR count). The molecule has 1 nitrogen and oxygen atoms in total. The van der Waals surface area contributed by atoms with Gasteiger partial charge < -0.3 is 4.90 Å². The Balaban J connectivity index is 1.18. The normalized spacial score (nSPS) is 12.8. The van der Waals surface area contributed by atoms with E-state index in [2.05, 4.69) is 217 Å². The fourth-order valence-electron chi connectivity index (χ4n) is 8.61. The van der Waals surface area contributed by atoms with E-state index in [-0.39, 0.29) is 0 Å². The fourth-order valence-corrected chi connectivity index (χ4v) is 8.61. The lowest BCUT2D eigenvalue weighted by molar-refractivity contribution is 0.769. The van der Waals surface area contributed by atoms with Crippen molar-refractivity contribution in [3.63, 3.8) is 0 Å². The highest BCUT2D eigenvalue weighted by Crippen LogP contribution is 2.57. The van der Waals surface area contributed by atoms with Crippen molar-refractivity contribution in [3.05, 3.63) is 235 Å². The molecule has 0 unspecified atom stereocenters. The van der Waals surface area contributed by atoms with E-state index in [1.54, 1.807) is 0 Å². The second-order valence-corrected chi connectivity index (χ2v) is 13.7. The van der Waals surface area contributed by atoms with Crippen LogP contribution in [0.4, 0.5) is 17.1 Å². The Morgan fingerprint density at radius 3 is 1.58 bits per heavy atom. The van der Waals surface area contributed by atoms with Gasteiger partial charge in [0, 0.05) is 17.1 Å². The van der Waals surface area contributed by atoms with Crippen LogP contribution in [0.5, 0.6) is 0 Å². The average Bonchev–Trinajstić information content (AvgIpc) is 3.51. The van der Waals surface area contributed by atoms with Crippen LogP contribution in [0.2, 0.25) is 0 Å². The molecule has 0 amide bonds. The highest BCUT2D eigenvalue weighted by atomic mass is 15.1. The van der Waals surface area contributed by atoms with Gasteiger partial charge in [-0.15, -0.1) is 0 Å². The molecule has 0 heterocycles. The Kier molecular flexibility index (Phi) is 7.11. The molecule has 1 aliphatic carbocycles. The topological polar surface area (TPSA) is 3.24 Å². The van der Waals surface area contributed by atoms with Crippen molar-refractivity contribution in [1.29, 1.82) is 0 Å². The molecule has 0 spiro atoms. The first-order chi connectivity index (χ1) is 25.8. The summed E-state index contributed by atoms with van der Waals surface area (Å²) in [5.41, 5.74) is 13.2. The summed E-state index contributed by atoms with van der Waals surface area (Å²) >= 11 is 0. The third-order valence-electron chi connectivity index (χ3n) is 10.9. The van der Waals surface area contributed by atoms with Gasteiger partial charge in [-0.05, 0) is 115 Å². The molecule has 9 aromatic rings. The molecule has 0 N–H and O–H groups in total. The fraction of sp³-hybridized carbons (Fsp3) is 0.0196. The highest BCUT2D eigenvalue weighted by molar-refractivity contribution is 6.11. The molecule has 0 bridgehead atoms. The number of benzene rings is 9. The molecule has 52 heavy (non-hydrogen) atoms. The molecule has 0 saturated carbocycles. The zero-order chi connectivity index (χ0) is 34.5. The quantitative estimate of drug-likeness (QED) is 0.160. The van der Waals surface area contributed by atoms with Crippen LogP contribution in [0.15, 0.2) is 212 Å². The third-order valence-corrected chi connectivity index (χ3v) is 10.9. The Morgan fingerprint density at radius 2 is 0.865 bits per heavy atom. The number of rotatable bonds is 6. The van der Waals surface area contributed by atoms with E-state index in [9.17, 15) is 0 Å². The first-order valence-corrected chi connectivity index (χ1v) is 18.0. The molecule has 0 fully saturated rings. The van der Waals surface area contributed by atoms with E-state index in [1.807, 2.05) is 0 Å². The number of nitrogens with zero attached hydrogens (tertiary/aromatic N) is 1. The number of para-hydroxylation sites is 1. The minimum atomic E-state index is -0.432. The molecule has 9 aromatic carbocycles. The SMILES string of the molecule is c1ccc(-c2cccc(N(c3ccccc3)c3ccc4c(ccc5cc6c(cc54)C(c4ccccc4)(c4ccccc4)c4ccccc4-6)c3)c2)cc1. The summed E-state index contributed by atoms with van der Waals surface area (Å²) in [6.45, 7) is 0. The van der Waals surface area contributed by atoms with E-state index >= 15 is 0 Å². The summed E-state index contributed by atoms with van der Waals surface area (Å²) in [6.07, 6.45) is 0. The van der Waals surface area contributed by atoms with Crippen molar-refractivity contribution in [2.75, 3.05) is 4.90 Å². The van der Waals surface area contributed by atoms with E-state index in [0.29, 0.717) is 0 Å². The lowest BCUT2D eigenvalue weighted by Gasteiger charge is -2.34. The molecule has 1 heteroatoms.